The molecule has 0 aromatic carbocycles. The van der Waals surface area contributed by atoms with Gasteiger partial charge in [0, 0.05) is 12.5 Å². The second-order valence-electron chi connectivity index (χ2n) is 4.48. The number of hydrogen-bond donors (Lipinski definition) is 1. The molecule has 2 rings (SSSR count). The maximum absolute atomic E-state index is 11.9. The molecule has 0 fully saturated rings. The largest absolute Gasteiger partial charge is 0.469 e. The Morgan fingerprint density at radius 1 is 1.65 bits per heavy atom. The van der Waals surface area contributed by atoms with Crippen molar-refractivity contribution < 1.29 is 4.42 Å². The Labute approximate surface area is 121 Å². The van der Waals surface area contributed by atoms with Crippen LogP contribution in [0.25, 0.3) is 0 Å². The van der Waals surface area contributed by atoms with Crippen LogP contribution in [-0.2, 0) is 13.0 Å². The first kappa shape index (κ1) is 14.4. The summed E-state index contributed by atoms with van der Waals surface area (Å²) in [7, 11) is 0. The van der Waals surface area contributed by atoms with Gasteiger partial charge in [-0.1, -0.05) is 17.7 Å². The van der Waals surface area contributed by atoms with E-state index >= 15 is 0 Å². The molecule has 1 N–H and O–H groups in total. The zero-order valence-corrected chi connectivity index (χ0v) is 11.9. The van der Waals surface area contributed by atoms with E-state index in [-0.39, 0.29) is 16.6 Å². The molecule has 1 unspecified atom stereocenters. The predicted molar refractivity (Wildman–Crippen MR) is 79.2 cm³/mol. The lowest BCUT2D eigenvalue weighted by Gasteiger charge is -2.15. The number of rotatable bonds is 6. The third kappa shape index (κ3) is 3.30. The monoisotopic (exact) mass is 293 g/mol. The van der Waals surface area contributed by atoms with E-state index in [4.69, 9.17) is 16.0 Å². The van der Waals surface area contributed by atoms with Gasteiger partial charge in [-0.3, -0.25) is 4.79 Å². The maximum Gasteiger partial charge on any atom is 0.287 e. The van der Waals surface area contributed by atoms with Gasteiger partial charge in [-0.25, -0.2) is 4.68 Å². The van der Waals surface area contributed by atoms with Gasteiger partial charge in [0.1, 0.15) is 10.8 Å². The van der Waals surface area contributed by atoms with E-state index < -0.39 is 0 Å². The molecule has 0 bridgehead atoms. The highest BCUT2D eigenvalue weighted by atomic mass is 35.5. The lowest BCUT2D eigenvalue weighted by molar-refractivity contribution is 0.497. The maximum atomic E-state index is 11.9. The molecule has 2 aromatic heterocycles. The van der Waals surface area contributed by atoms with Crippen molar-refractivity contribution >= 4 is 17.3 Å². The topological polar surface area (TPSA) is 60.1 Å². The van der Waals surface area contributed by atoms with Crippen LogP contribution in [0, 0.1) is 0 Å². The fourth-order valence-electron chi connectivity index (χ4n) is 1.87. The summed E-state index contributed by atoms with van der Waals surface area (Å²) in [5.74, 6) is 0.870. The highest BCUT2D eigenvalue weighted by molar-refractivity contribution is 6.32. The van der Waals surface area contributed by atoms with Crippen molar-refractivity contribution in [1.29, 1.82) is 0 Å². The Balaban J connectivity index is 2.11. The van der Waals surface area contributed by atoms with Gasteiger partial charge in [-0.2, -0.15) is 5.10 Å². The lowest BCUT2D eigenvalue weighted by Crippen LogP contribution is -2.26. The summed E-state index contributed by atoms with van der Waals surface area (Å²) in [6.45, 7) is 5.88. The van der Waals surface area contributed by atoms with E-state index in [1.54, 1.807) is 18.5 Å². The molecule has 0 saturated heterocycles. The summed E-state index contributed by atoms with van der Waals surface area (Å²) in [5, 5.41) is 7.34. The van der Waals surface area contributed by atoms with Gasteiger partial charge in [0.2, 0.25) is 0 Å². The Morgan fingerprint density at radius 3 is 3.10 bits per heavy atom. The number of nitrogens with zero attached hydrogens (tertiary/aromatic N) is 2. The molecule has 0 amide bonds. The second kappa shape index (κ2) is 6.43. The average molecular weight is 294 g/mol. The normalized spacial score (nSPS) is 12.1. The van der Waals surface area contributed by atoms with Crippen LogP contribution in [-0.4, -0.2) is 15.8 Å². The van der Waals surface area contributed by atoms with E-state index in [2.05, 4.69) is 17.0 Å². The quantitative estimate of drug-likeness (QED) is 0.832. The molecule has 2 aromatic rings. The smallest absolute Gasteiger partial charge is 0.287 e. The molecule has 1 atom stereocenters. The number of nitrogens with one attached hydrogen (secondary N) is 1. The minimum absolute atomic E-state index is 0.0649. The summed E-state index contributed by atoms with van der Waals surface area (Å²) < 4.78 is 6.54. The van der Waals surface area contributed by atoms with Crippen molar-refractivity contribution in [3.63, 3.8) is 0 Å². The molecular weight excluding hydrogens is 278 g/mol. The Hall–Kier alpha value is -2.01. The number of allylic oxidation sites excluding steroid dienone is 1. The highest BCUT2D eigenvalue weighted by Crippen LogP contribution is 2.17. The number of halogens is 1. The van der Waals surface area contributed by atoms with Crippen LogP contribution in [0.2, 0.25) is 5.02 Å². The van der Waals surface area contributed by atoms with Crippen LogP contribution in [0.4, 0.5) is 5.69 Å². The van der Waals surface area contributed by atoms with Crippen molar-refractivity contribution in [1.82, 2.24) is 9.78 Å². The predicted octanol–water partition coefficient (Wildman–Crippen LogP) is 2.72. The highest BCUT2D eigenvalue weighted by Gasteiger charge is 2.12. The van der Waals surface area contributed by atoms with Gasteiger partial charge < -0.3 is 9.73 Å². The van der Waals surface area contributed by atoms with Gasteiger partial charge in [-0.15, -0.1) is 6.58 Å². The molecule has 2 heterocycles. The Morgan fingerprint density at radius 2 is 2.45 bits per heavy atom. The van der Waals surface area contributed by atoms with E-state index in [0.29, 0.717) is 18.7 Å². The number of hydrogen-bond acceptors (Lipinski definition) is 4. The zero-order valence-electron chi connectivity index (χ0n) is 11.2. The molecule has 0 radical (unpaired) electrons. The van der Waals surface area contributed by atoms with Crippen LogP contribution >= 0.6 is 11.6 Å². The van der Waals surface area contributed by atoms with Crippen molar-refractivity contribution in [2.45, 2.75) is 25.9 Å². The van der Waals surface area contributed by atoms with Gasteiger partial charge in [0.25, 0.3) is 5.56 Å². The lowest BCUT2D eigenvalue weighted by atomic mass is 10.2. The van der Waals surface area contributed by atoms with Crippen LogP contribution < -0.4 is 10.9 Å². The third-order valence-electron chi connectivity index (χ3n) is 2.78. The van der Waals surface area contributed by atoms with Crippen molar-refractivity contribution in [2.75, 3.05) is 5.32 Å². The fraction of sp³-hybridized carbons (Fsp3) is 0.286. The molecular formula is C14H16ClN3O2. The van der Waals surface area contributed by atoms with Gasteiger partial charge in [0.05, 0.1) is 24.7 Å². The summed E-state index contributed by atoms with van der Waals surface area (Å²) in [6, 6.07) is 3.81. The second-order valence-corrected chi connectivity index (χ2v) is 4.86. The van der Waals surface area contributed by atoms with Crippen molar-refractivity contribution in [2.24, 2.45) is 0 Å². The fourth-order valence-corrected chi connectivity index (χ4v) is 2.07. The number of anilines is 1. The summed E-state index contributed by atoms with van der Waals surface area (Å²) >= 11 is 6.07. The molecule has 20 heavy (non-hydrogen) atoms. The molecule has 0 saturated carbocycles. The first-order valence-electron chi connectivity index (χ1n) is 6.27. The minimum Gasteiger partial charge on any atom is -0.469 e. The third-order valence-corrected chi connectivity index (χ3v) is 3.14. The average Bonchev–Trinajstić information content (AvgIpc) is 2.91. The van der Waals surface area contributed by atoms with Crippen molar-refractivity contribution in [3.8, 4) is 0 Å². The van der Waals surface area contributed by atoms with E-state index in [1.165, 1.54) is 4.68 Å². The Kier molecular flexibility index (Phi) is 4.63. The first-order valence-corrected chi connectivity index (χ1v) is 6.65. The SMILES string of the molecule is C=CCn1ncc(NC(C)Cc2ccco2)c(Cl)c1=O. The van der Waals surface area contributed by atoms with Gasteiger partial charge in [-0.05, 0) is 19.1 Å². The summed E-state index contributed by atoms with van der Waals surface area (Å²) in [5.41, 5.74) is 0.192. The standard InChI is InChI=1S/C14H16ClN3O2/c1-3-6-18-14(19)13(15)12(9-16-18)17-10(2)8-11-5-4-7-20-11/h3-5,7,9-10,17H,1,6,8H2,2H3. The van der Waals surface area contributed by atoms with Gasteiger partial charge >= 0.3 is 0 Å². The van der Waals surface area contributed by atoms with E-state index in [9.17, 15) is 4.79 Å². The Bertz CT molecular complexity index is 634. The summed E-state index contributed by atoms with van der Waals surface area (Å²) in [6.07, 6.45) is 5.47. The summed E-state index contributed by atoms with van der Waals surface area (Å²) in [4.78, 5) is 11.9. The van der Waals surface area contributed by atoms with Crippen LogP contribution in [0.15, 0.2) is 46.5 Å². The van der Waals surface area contributed by atoms with E-state index in [0.717, 1.165) is 5.76 Å². The van der Waals surface area contributed by atoms with E-state index in [1.807, 2.05) is 19.1 Å². The molecule has 0 aliphatic rings. The molecule has 106 valence electrons. The molecule has 0 aliphatic heterocycles. The molecule has 5 nitrogen and oxygen atoms in total. The zero-order chi connectivity index (χ0) is 14.5. The van der Waals surface area contributed by atoms with Crippen LogP contribution in [0.1, 0.15) is 12.7 Å². The minimum atomic E-state index is -0.332. The van der Waals surface area contributed by atoms with Crippen LogP contribution in [0.3, 0.4) is 0 Å². The number of aromatic nitrogens is 2. The van der Waals surface area contributed by atoms with Gasteiger partial charge in [0.15, 0.2) is 0 Å². The van der Waals surface area contributed by atoms with Crippen molar-refractivity contribution in [3.05, 3.63) is 58.4 Å². The molecule has 6 heteroatoms. The molecule has 0 aliphatic carbocycles. The molecule has 0 spiro atoms. The first-order chi connectivity index (χ1) is 9.61. The van der Waals surface area contributed by atoms with Crippen LogP contribution in [0.5, 0.6) is 0 Å². The number of furan rings is 1.